The molecule has 0 fully saturated rings. The molecule has 0 saturated heterocycles. The highest BCUT2D eigenvalue weighted by molar-refractivity contribution is 7.94. The number of sulfone groups is 1. The highest BCUT2D eigenvalue weighted by Crippen LogP contribution is 2.13. The highest BCUT2D eigenvalue weighted by atomic mass is 32.2. The molecule has 0 aromatic carbocycles. The van der Waals surface area contributed by atoms with Gasteiger partial charge in [0.05, 0.1) is 11.8 Å². The van der Waals surface area contributed by atoms with Gasteiger partial charge in [0.25, 0.3) is 0 Å². The summed E-state index contributed by atoms with van der Waals surface area (Å²) < 4.78 is 22.2. The van der Waals surface area contributed by atoms with Crippen molar-refractivity contribution >= 4 is 21.5 Å². The lowest BCUT2D eigenvalue weighted by Gasteiger charge is -2.09. The molecular weight excluding hydrogens is 216 g/mol. The third kappa shape index (κ3) is 2.44. The Morgan fingerprint density at radius 1 is 1.40 bits per heavy atom. The number of hydrogen-bond donors (Lipinski definition) is 2. The van der Waals surface area contributed by atoms with Crippen molar-refractivity contribution in [2.45, 2.75) is 6.04 Å². The Morgan fingerprint density at radius 3 is 2.73 bits per heavy atom. The van der Waals surface area contributed by atoms with Crippen LogP contribution in [0.1, 0.15) is 0 Å². The maximum absolute atomic E-state index is 11.1. The number of nitrogens with zero attached hydrogens (tertiary/aromatic N) is 2. The monoisotopic (exact) mass is 226 g/mol. The fourth-order valence-electron chi connectivity index (χ4n) is 1.28. The average Bonchev–Trinajstić information content (AvgIpc) is 2.50. The molecule has 0 bridgehead atoms. The zero-order valence-corrected chi connectivity index (χ0v) is 8.61. The Kier molecular flexibility index (Phi) is 2.31. The number of nitrogen functional groups attached to an aromatic ring is 1. The maximum atomic E-state index is 11.1. The molecule has 1 aliphatic rings. The zero-order valence-electron chi connectivity index (χ0n) is 7.79. The summed E-state index contributed by atoms with van der Waals surface area (Å²) in [7, 11) is -3.04. The highest BCUT2D eigenvalue weighted by Gasteiger charge is 2.21. The summed E-state index contributed by atoms with van der Waals surface area (Å²) in [5.41, 5.74) is 5.37. The topological polar surface area (TPSA) is 98.0 Å². The molecule has 0 radical (unpaired) electrons. The molecule has 7 heteroatoms. The lowest BCUT2D eigenvalue weighted by atomic mass is 10.3. The van der Waals surface area contributed by atoms with Crippen molar-refractivity contribution < 1.29 is 8.42 Å². The molecule has 3 N–H and O–H groups in total. The van der Waals surface area contributed by atoms with E-state index in [1.165, 1.54) is 5.41 Å². The lowest BCUT2D eigenvalue weighted by molar-refractivity contribution is 0.605. The molecular formula is C8H10N4O2S. The van der Waals surface area contributed by atoms with Gasteiger partial charge in [0.2, 0.25) is 0 Å². The molecule has 2 rings (SSSR count). The number of rotatable bonds is 2. The van der Waals surface area contributed by atoms with E-state index in [0.29, 0.717) is 11.6 Å². The van der Waals surface area contributed by atoms with E-state index < -0.39 is 9.84 Å². The molecule has 2 heterocycles. The molecule has 0 amide bonds. The standard InChI is InChI=1S/C8H10N4O2S/c9-7-1-2-8(12-11-7)10-6-3-4-15(13,14)5-6/h1-4,6H,5H2,(H2,9,11)(H,10,12). The molecule has 0 saturated carbocycles. The molecule has 1 unspecified atom stereocenters. The SMILES string of the molecule is Nc1ccc(NC2C=CS(=O)(=O)C2)nn1. The van der Waals surface area contributed by atoms with Gasteiger partial charge in [-0.1, -0.05) is 0 Å². The first-order valence-corrected chi connectivity index (χ1v) is 6.03. The Hall–Kier alpha value is -1.63. The number of hydrogen-bond acceptors (Lipinski definition) is 6. The number of aromatic nitrogens is 2. The minimum Gasteiger partial charge on any atom is -0.382 e. The number of nitrogens with one attached hydrogen (secondary N) is 1. The van der Waals surface area contributed by atoms with Crippen LogP contribution in [0.15, 0.2) is 23.6 Å². The predicted molar refractivity (Wildman–Crippen MR) is 56.8 cm³/mol. The summed E-state index contributed by atoms with van der Waals surface area (Å²) in [4.78, 5) is 0. The van der Waals surface area contributed by atoms with Crippen molar-refractivity contribution in [3.05, 3.63) is 23.6 Å². The predicted octanol–water partition coefficient (Wildman–Crippen LogP) is -0.219. The van der Waals surface area contributed by atoms with Gasteiger partial charge in [0, 0.05) is 5.41 Å². The molecule has 6 nitrogen and oxygen atoms in total. The van der Waals surface area contributed by atoms with Gasteiger partial charge < -0.3 is 11.1 Å². The van der Waals surface area contributed by atoms with Crippen molar-refractivity contribution in [2.24, 2.45) is 0 Å². The molecule has 15 heavy (non-hydrogen) atoms. The maximum Gasteiger partial charge on any atom is 0.173 e. The second-order valence-electron chi connectivity index (χ2n) is 3.25. The van der Waals surface area contributed by atoms with Gasteiger partial charge in [-0.25, -0.2) is 8.42 Å². The summed E-state index contributed by atoms with van der Waals surface area (Å²) in [6, 6.07) is 3.01. The van der Waals surface area contributed by atoms with Gasteiger partial charge in [0.15, 0.2) is 9.84 Å². The van der Waals surface area contributed by atoms with Crippen LogP contribution < -0.4 is 11.1 Å². The summed E-state index contributed by atoms with van der Waals surface area (Å²) in [5.74, 6) is 0.894. The lowest BCUT2D eigenvalue weighted by Crippen LogP contribution is -2.21. The van der Waals surface area contributed by atoms with E-state index in [2.05, 4.69) is 15.5 Å². The van der Waals surface area contributed by atoms with Gasteiger partial charge in [-0.15, -0.1) is 10.2 Å². The van der Waals surface area contributed by atoms with Gasteiger partial charge in [0.1, 0.15) is 11.6 Å². The Morgan fingerprint density at radius 2 is 2.20 bits per heavy atom. The second kappa shape index (κ2) is 3.50. The van der Waals surface area contributed by atoms with Crippen LogP contribution in [-0.4, -0.2) is 30.4 Å². The van der Waals surface area contributed by atoms with Crippen LogP contribution in [0.3, 0.4) is 0 Å². The van der Waals surface area contributed by atoms with Crippen LogP contribution in [0.2, 0.25) is 0 Å². The van der Waals surface area contributed by atoms with Gasteiger partial charge in [-0.3, -0.25) is 0 Å². The van der Waals surface area contributed by atoms with E-state index in [-0.39, 0.29) is 11.8 Å². The van der Waals surface area contributed by atoms with Crippen LogP contribution in [0.4, 0.5) is 11.6 Å². The molecule has 80 valence electrons. The number of anilines is 2. The Bertz CT molecular complexity index is 480. The summed E-state index contributed by atoms with van der Waals surface area (Å²) in [6.07, 6.45) is 1.59. The fourth-order valence-corrected chi connectivity index (χ4v) is 2.51. The average molecular weight is 226 g/mol. The smallest absolute Gasteiger partial charge is 0.173 e. The Labute approximate surface area is 87.1 Å². The van der Waals surface area contributed by atoms with E-state index in [1.807, 2.05) is 0 Å². The van der Waals surface area contributed by atoms with E-state index in [4.69, 9.17) is 5.73 Å². The van der Waals surface area contributed by atoms with Gasteiger partial charge >= 0.3 is 0 Å². The summed E-state index contributed by atoms with van der Waals surface area (Å²) >= 11 is 0. The third-order valence-electron chi connectivity index (χ3n) is 1.95. The third-order valence-corrected chi connectivity index (χ3v) is 3.34. The van der Waals surface area contributed by atoms with Crippen molar-refractivity contribution in [3.8, 4) is 0 Å². The second-order valence-corrected chi connectivity index (χ2v) is 5.18. The summed E-state index contributed by atoms with van der Waals surface area (Å²) in [6.45, 7) is 0. The van der Waals surface area contributed by atoms with Crippen molar-refractivity contribution in [1.29, 1.82) is 0 Å². The fraction of sp³-hybridized carbons (Fsp3) is 0.250. The molecule has 1 aliphatic heterocycles. The molecule has 1 aromatic heterocycles. The largest absolute Gasteiger partial charge is 0.382 e. The van der Waals surface area contributed by atoms with Crippen molar-refractivity contribution in [2.75, 3.05) is 16.8 Å². The summed E-state index contributed by atoms with van der Waals surface area (Å²) in [5, 5.41) is 11.6. The minimum absolute atomic E-state index is 0.0546. The van der Waals surface area contributed by atoms with Crippen LogP contribution in [-0.2, 0) is 9.84 Å². The molecule has 0 spiro atoms. The normalized spacial score (nSPS) is 22.8. The minimum atomic E-state index is -3.04. The van der Waals surface area contributed by atoms with Crippen LogP contribution in [0.25, 0.3) is 0 Å². The first-order valence-electron chi connectivity index (χ1n) is 4.32. The van der Waals surface area contributed by atoms with Gasteiger partial charge in [-0.05, 0) is 18.2 Å². The molecule has 0 aliphatic carbocycles. The van der Waals surface area contributed by atoms with Crippen molar-refractivity contribution in [1.82, 2.24) is 10.2 Å². The van der Waals surface area contributed by atoms with Crippen LogP contribution in [0, 0.1) is 0 Å². The Balaban J connectivity index is 2.05. The van der Waals surface area contributed by atoms with Crippen molar-refractivity contribution in [3.63, 3.8) is 0 Å². The first kappa shape index (κ1) is 9.91. The van der Waals surface area contributed by atoms with E-state index in [1.54, 1.807) is 18.2 Å². The molecule has 1 atom stereocenters. The van der Waals surface area contributed by atoms with E-state index in [9.17, 15) is 8.42 Å². The number of nitrogens with two attached hydrogens (primary N) is 1. The molecule has 1 aromatic rings. The zero-order chi connectivity index (χ0) is 10.9. The van der Waals surface area contributed by atoms with Crippen LogP contribution >= 0.6 is 0 Å². The van der Waals surface area contributed by atoms with E-state index >= 15 is 0 Å². The quantitative estimate of drug-likeness (QED) is 0.723. The first-order chi connectivity index (χ1) is 7.05. The van der Waals surface area contributed by atoms with E-state index in [0.717, 1.165) is 0 Å². The van der Waals surface area contributed by atoms with Crippen LogP contribution in [0.5, 0.6) is 0 Å². The van der Waals surface area contributed by atoms with Gasteiger partial charge in [-0.2, -0.15) is 0 Å².